The molecule has 3 amide bonds. The number of thiophene rings is 1. The number of rotatable bonds is 6. The molecule has 0 radical (unpaired) electrons. The fraction of sp³-hybridized carbons (Fsp3) is 0.185. The van der Waals surface area contributed by atoms with E-state index in [2.05, 4.69) is 5.32 Å². The second-order valence-electron chi connectivity index (χ2n) is 9.07. The minimum Gasteiger partial charge on any atom is -0.497 e. The molecule has 2 aromatic carbocycles. The first-order valence-electron chi connectivity index (χ1n) is 12.0. The number of carbonyl (C=O) groups is 3. The van der Waals surface area contributed by atoms with E-state index in [1.54, 1.807) is 43.5 Å². The molecule has 3 atom stereocenters. The first-order valence-corrected chi connectivity index (χ1v) is 15.3. The summed E-state index contributed by atoms with van der Waals surface area (Å²) in [5.74, 6) is -1.69. The fourth-order valence-corrected chi connectivity index (χ4v) is 8.95. The zero-order valence-electron chi connectivity index (χ0n) is 20.6. The van der Waals surface area contributed by atoms with Crippen molar-refractivity contribution in [3.8, 4) is 5.75 Å². The van der Waals surface area contributed by atoms with Crippen molar-refractivity contribution in [2.45, 2.75) is 22.7 Å². The number of thiazole rings is 1. The van der Waals surface area contributed by atoms with Crippen LogP contribution in [0.2, 0.25) is 10.0 Å². The first kappa shape index (κ1) is 27.1. The Hall–Kier alpha value is -3.09. The monoisotopic (exact) mass is 631 g/mol. The van der Waals surface area contributed by atoms with Crippen molar-refractivity contribution in [1.29, 1.82) is 0 Å². The van der Waals surface area contributed by atoms with Crippen LogP contribution in [0.25, 0.3) is 0 Å². The SMILES string of the molecule is COc1ccc(N2C(=O)C3Sc4c(sc(=O)n4CC(=O)Nc4ccc(Cl)c(Cl)c4)[C@H](c4cccs4)C3C2=O)cc1. The van der Waals surface area contributed by atoms with Crippen LogP contribution in [-0.2, 0) is 20.9 Å². The van der Waals surface area contributed by atoms with Gasteiger partial charge in [-0.2, -0.15) is 0 Å². The van der Waals surface area contributed by atoms with Crippen molar-refractivity contribution in [3.63, 3.8) is 0 Å². The Morgan fingerprint density at radius 3 is 2.48 bits per heavy atom. The van der Waals surface area contributed by atoms with Gasteiger partial charge in [0.2, 0.25) is 17.7 Å². The van der Waals surface area contributed by atoms with E-state index in [1.165, 1.54) is 38.6 Å². The molecule has 204 valence electrons. The predicted octanol–water partition coefficient (Wildman–Crippen LogP) is 5.72. The van der Waals surface area contributed by atoms with Crippen molar-refractivity contribution >= 4 is 86.7 Å². The number of methoxy groups -OCH3 is 1. The first-order chi connectivity index (χ1) is 19.3. The number of amides is 3. The van der Waals surface area contributed by atoms with Crippen LogP contribution in [0.1, 0.15) is 15.7 Å². The van der Waals surface area contributed by atoms with Gasteiger partial charge in [-0.1, -0.05) is 52.4 Å². The van der Waals surface area contributed by atoms with Crippen LogP contribution >= 0.6 is 57.6 Å². The molecule has 2 aliphatic heterocycles. The number of imide groups is 1. The molecule has 0 spiro atoms. The summed E-state index contributed by atoms with van der Waals surface area (Å²) in [6.45, 7) is -0.267. The van der Waals surface area contributed by atoms with Gasteiger partial charge in [0, 0.05) is 21.4 Å². The maximum absolute atomic E-state index is 13.8. The topological polar surface area (TPSA) is 97.7 Å². The van der Waals surface area contributed by atoms with Gasteiger partial charge in [0.25, 0.3) is 0 Å². The van der Waals surface area contributed by atoms with E-state index in [0.717, 1.165) is 16.2 Å². The molecular weight excluding hydrogens is 613 g/mol. The quantitative estimate of drug-likeness (QED) is 0.273. The Kier molecular flexibility index (Phi) is 7.26. The highest BCUT2D eigenvalue weighted by Crippen LogP contribution is 2.54. The molecule has 2 aromatic heterocycles. The summed E-state index contributed by atoms with van der Waals surface area (Å²) < 4.78 is 6.59. The Morgan fingerprint density at radius 2 is 1.80 bits per heavy atom. The number of fused-ring (bicyclic) bond motifs is 2. The highest BCUT2D eigenvalue weighted by atomic mass is 35.5. The summed E-state index contributed by atoms with van der Waals surface area (Å²) >= 11 is 15.7. The van der Waals surface area contributed by atoms with Gasteiger partial charge in [0.05, 0.1) is 33.8 Å². The number of anilines is 2. The van der Waals surface area contributed by atoms with E-state index in [4.69, 9.17) is 27.9 Å². The van der Waals surface area contributed by atoms with E-state index < -0.39 is 23.0 Å². The number of hydrogen-bond donors (Lipinski definition) is 1. The normalized spacial score (nSPS) is 19.9. The zero-order valence-corrected chi connectivity index (χ0v) is 24.6. The smallest absolute Gasteiger partial charge is 0.308 e. The Balaban J connectivity index is 1.36. The van der Waals surface area contributed by atoms with Crippen molar-refractivity contribution in [1.82, 2.24) is 4.57 Å². The van der Waals surface area contributed by atoms with Gasteiger partial charge in [-0.3, -0.25) is 23.7 Å². The highest BCUT2D eigenvalue weighted by molar-refractivity contribution is 8.00. The van der Waals surface area contributed by atoms with Gasteiger partial charge in [-0.15, -0.1) is 11.3 Å². The van der Waals surface area contributed by atoms with E-state index >= 15 is 0 Å². The van der Waals surface area contributed by atoms with Crippen LogP contribution in [0.15, 0.2) is 69.8 Å². The van der Waals surface area contributed by atoms with Crippen LogP contribution in [0, 0.1) is 5.92 Å². The lowest BCUT2D eigenvalue weighted by Gasteiger charge is -2.29. The summed E-state index contributed by atoms with van der Waals surface area (Å²) in [6.07, 6.45) is 0. The molecule has 6 rings (SSSR count). The molecule has 0 saturated carbocycles. The highest BCUT2D eigenvalue weighted by Gasteiger charge is 2.57. The van der Waals surface area contributed by atoms with E-state index in [-0.39, 0.29) is 28.3 Å². The number of hydrogen-bond acceptors (Lipinski definition) is 8. The number of thioether (sulfide) groups is 1. The minimum absolute atomic E-state index is 0.267. The van der Waals surface area contributed by atoms with Gasteiger partial charge in [0.15, 0.2) is 0 Å². The number of carbonyl (C=O) groups excluding carboxylic acids is 3. The van der Waals surface area contributed by atoms with E-state index in [0.29, 0.717) is 32.1 Å². The van der Waals surface area contributed by atoms with Gasteiger partial charge in [-0.25, -0.2) is 4.90 Å². The summed E-state index contributed by atoms with van der Waals surface area (Å²) in [6, 6.07) is 15.2. The lowest BCUT2D eigenvalue weighted by atomic mass is 9.87. The van der Waals surface area contributed by atoms with Gasteiger partial charge >= 0.3 is 4.87 Å². The third-order valence-electron chi connectivity index (χ3n) is 6.73. The zero-order chi connectivity index (χ0) is 28.1. The van der Waals surface area contributed by atoms with Gasteiger partial charge in [-0.05, 0) is 53.9 Å². The number of halogens is 2. The average molecular weight is 633 g/mol. The van der Waals surface area contributed by atoms with Crippen molar-refractivity contribution in [2.24, 2.45) is 5.92 Å². The maximum Gasteiger partial charge on any atom is 0.308 e. The molecule has 2 unspecified atom stereocenters. The van der Waals surface area contributed by atoms with E-state index in [9.17, 15) is 19.2 Å². The molecular formula is C27H19Cl2N3O5S3. The summed E-state index contributed by atoms with van der Waals surface area (Å²) in [7, 11) is 1.54. The second-order valence-corrected chi connectivity index (χ2v) is 13.0. The number of benzene rings is 2. The molecule has 0 aliphatic carbocycles. The van der Waals surface area contributed by atoms with Crippen LogP contribution in [0.3, 0.4) is 0 Å². The second kappa shape index (κ2) is 10.7. The molecule has 1 N–H and O–H groups in total. The fourth-order valence-electron chi connectivity index (χ4n) is 4.93. The van der Waals surface area contributed by atoms with Crippen molar-refractivity contribution in [2.75, 3.05) is 17.3 Å². The summed E-state index contributed by atoms with van der Waals surface area (Å²) in [5, 5.41) is 5.05. The maximum atomic E-state index is 13.8. The number of ether oxygens (including phenoxy) is 1. The predicted molar refractivity (Wildman–Crippen MR) is 158 cm³/mol. The van der Waals surface area contributed by atoms with Gasteiger partial charge < -0.3 is 10.1 Å². The lowest BCUT2D eigenvalue weighted by Crippen LogP contribution is -2.32. The largest absolute Gasteiger partial charge is 0.497 e. The Labute approximate surface area is 250 Å². The average Bonchev–Trinajstić information content (AvgIpc) is 3.64. The third kappa shape index (κ3) is 4.65. The number of nitrogens with one attached hydrogen (secondary N) is 1. The molecule has 40 heavy (non-hydrogen) atoms. The van der Waals surface area contributed by atoms with Crippen LogP contribution < -0.4 is 19.8 Å². The van der Waals surface area contributed by atoms with Crippen LogP contribution in [-0.4, -0.2) is 34.6 Å². The van der Waals surface area contributed by atoms with Crippen molar-refractivity contribution in [3.05, 3.63) is 89.4 Å². The minimum atomic E-state index is -0.757. The molecule has 13 heteroatoms. The molecule has 0 bridgehead atoms. The molecule has 8 nitrogen and oxygen atoms in total. The summed E-state index contributed by atoms with van der Waals surface area (Å²) in [4.78, 5) is 56.2. The molecule has 1 saturated heterocycles. The van der Waals surface area contributed by atoms with E-state index in [1.807, 2.05) is 17.5 Å². The van der Waals surface area contributed by atoms with Crippen LogP contribution in [0.5, 0.6) is 5.75 Å². The van der Waals surface area contributed by atoms with Crippen LogP contribution in [0.4, 0.5) is 11.4 Å². The Bertz CT molecular complexity index is 1700. The standard InChI is InChI=1S/C27H19Cl2N3O5S3/c1-37-15-7-5-14(6-8-15)32-24(34)21-20(18-3-2-10-38-18)23-26(39-22(21)25(32)35)31(27(36)40-23)12-19(33)30-13-4-9-16(28)17(29)11-13/h2-11,20-22H,12H2,1H3,(H,30,33)/t20-,21?,22?/m1/s1. The lowest BCUT2D eigenvalue weighted by molar-refractivity contribution is -0.122. The molecule has 1 fully saturated rings. The number of nitrogens with zero attached hydrogens (tertiary/aromatic N) is 2. The molecule has 4 aromatic rings. The number of aromatic nitrogens is 1. The van der Waals surface area contributed by atoms with Crippen molar-refractivity contribution < 1.29 is 19.1 Å². The molecule has 4 heterocycles. The molecule has 2 aliphatic rings. The summed E-state index contributed by atoms with van der Waals surface area (Å²) in [5.41, 5.74) is 0.893. The Morgan fingerprint density at radius 1 is 1.02 bits per heavy atom. The third-order valence-corrected chi connectivity index (χ3v) is 11.0. The van der Waals surface area contributed by atoms with Gasteiger partial charge in [0.1, 0.15) is 17.5 Å².